The molecule has 0 N–H and O–H groups in total. The largest absolute Gasteiger partial charge is 0.307 e. The van der Waals surface area contributed by atoms with Gasteiger partial charge in [-0.15, -0.1) is 11.8 Å². The Morgan fingerprint density at radius 2 is 2.19 bits per heavy atom. The van der Waals surface area contributed by atoms with Crippen LogP contribution in [0.5, 0.6) is 0 Å². The Hall–Kier alpha value is -0.950. The summed E-state index contributed by atoms with van der Waals surface area (Å²) in [5, 5.41) is 2.07. The molecular formula is C13H14Cl2N2O3S. The number of benzene rings is 1. The van der Waals surface area contributed by atoms with Crippen LogP contribution in [-0.2, 0) is 14.4 Å². The van der Waals surface area contributed by atoms with Gasteiger partial charge in [0.2, 0.25) is 5.91 Å². The average Bonchev–Trinajstić information content (AvgIpc) is 2.74. The fourth-order valence-electron chi connectivity index (χ4n) is 2.11. The summed E-state index contributed by atoms with van der Waals surface area (Å²) in [4.78, 5) is 30.7. The molecule has 1 aliphatic rings. The van der Waals surface area contributed by atoms with Crippen LogP contribution in [0.1, 0.15) is 18.7 Å². The second-order valence-electron chi connectivity index (χ2n) is 4.44. The molecule has 1 saturated heterocycles. The lowest BCUT2D eigenvalue weighted by molar-refractivity contribution is -0.188. The summed E-state index contributed by atoms with van der Waals surface area (Å²) < 4.78 is 0. The van der Waals surface area contributed by atoms with E-state index < -0.39 is 6.17 Å². The number of carbonyl (C=O) groups is 2. The van der Waals surface area contributed by atoms with Gasteiger partial charge in [0.05, 0.1) is 0 Å². The van der Waals surface area contributed by atoms with E-state index >= 15 is 0 Å². The zero-order valence-corrected chi connectivity index (χ0v) is 13.8. The Labute approximate surface area is 137 Å². The van der Waals surface area contributed by atoms with Crippen molar-refractivity contribution in [1.82, 2.24) is 9.96 Å². The van der Waals surface area contributed by atoms with E-state index in [2.05, 4.69) is 0 Å². The highest BCUT2D eigenvalue weighted by atomic mass is 35.5. The monoisotopic (exact) mass is 348 g/mol. The molecule has 8 heteroatoms. The number of rotatable bonds is 4. The lowest BCUT2D eigenvalue weighted by Crippen LogP contribution is -2.34. The first-order chi connectivity index (χ1) is 9.95. The molecule has 1 fully saturated rings. The van der Waals surface area contributed by atoms with Crippen molar-refractivity contribution in [2.24, 2.45) is 0 Å². The van der Waals surface area contributed by atoms with Gasteiger partial charge < -0.3 is 4.90 Å². The van der Waals surface area contributed by atoms with Crippen molar-refractivity contribution < 1.29 is 14.4 Å². The number of hydroxylamine groups is 2. The molecule has 21 heavy (non-hydrogen) atoms. The van der Waals surface area contributed by atoms with E-state index in [1.54, 1.807) is 18.2 Å². The Balaban J connectivity index is 2.41. The molecule has 0 aromatic heterocycles. The minimum absolute atomic E-state index is 0.0344. The maximum atomic E-state index is 12.1. The molecule has 1 atom stereocenters. The van der Waals surface area contributed by atoms with Crippen LogP contribution in [0.4, 0.5) is 0 Å². The second kappa shape index (κ2) is 6.87. The molecule has 1 heterocycles. The van der Waals surface area contributed by atoms with E-state index in [4.69, 9.17) is 28.0 Å². The van der Waals surface area contributed by atoms with Crippen LogP contribution in [0.3, 0.4) is 0 Å². The molecule has 0 spiro atoms. The van der Waals surface area contributed by atoms with Crippen molar-refractivity contribution in [2.45, 2.75) is 13.1 Å². The number of hydrogen-bond acceptors (Lipinski definition) is 4. The Kier molecular flexibility index (Phi) is 5.37. The van der Waals surface area contributed by atoms with Crippen molar-refractivity contribution >= 4 is 46.8 Å². The summed E-state index contributed by atoms with van der Waals surface area (Å²) >= 11 is 13.5. The molecule has 1 aromatic carbocycles. The molecular weight excluding hydrogens is 335 g/mol. The van der Waals surface area contributed by atoms with E-state index in [0.717, 1.165) is 0 Å². The third-order valence-electron chi connectivity index (χ3n) is 3.02. The Morgan fingerprint density at radius 1 is 1.48 bits per heavy atom. The van der Waals surface area contributed by atoms with Gasteiger partial charge in [0.15, 0.2) is 6.17 Å². The van der Waals surface area contributed by atoms with Crippen molar-refractivity contribution in [1.29, 1.82) is 0 Å². The number of hydrogen-bond donors (Lipinski definition) is 0. The van der Waals surface area contributed by atoms with Crippen LogP contribution in [0.2, 0.25) is 10.0 Å². The molecule has 1 aromatic rings. The van der Waals surface area contributed by atoms with Gasteiger partial charge in [0, 0.05) is 22.5 Å². The smallest absolute Gasteiger partial charge is 0.268 e. The van der Waals surface area contributed by atoms with Gasteiger partial charge in [-0.2, -0.15) is 5.06 Å². The van der Waals surface area contributed by atoms with Gasteiger partial charge in [-0.25, -0.2) is 0 Å². The molecule has 1 aliphatic heterocycles. The molecule has 114 valence electrons. The van der Waals surface area contributed by atoms with Crippen molar-refractivity contribution in [3.63, 3.8) is 0 Å². The van der Waals surface area contributed by atoms with E-state index in [-0.39, 0.29) is 18.4 Å². The first-order valence-electron chi connectivity index (χ1n) is 6.11. The minimum Gasteiger partial charge on any atom is -0.307 e. The number of thioether (sulfide) groups is 1. The summed E-state index contributed by atoms with van der Waals surface area (Å²) in [5.41, 5.74) is 0.600. The van der Waals surface area contributed by atoms with Crippen LogP contribution in [-0.4, -0.2) is 40.5 Å². The normalized spacial score (nSPS) is 18.5. The van der Waals surface area contributed by atoms with E-state index in [0.29, 0.717) is 21.5 Å². The van der Waals surface area contributed by atoms with Gasteiger partial charge in [-0.3, -0.25) is 14.4 Å². The van der Waals surface area contributed by atoms with Gasteiger partial charge >= 0.3 is 0 Å². The predicted molar refractivity (Wildman–Crippen MR) is 82.9 cm³/mol. The molecule has 0 bridgehead atoms. The lowest BCUT2D eigenvalue weighted by Gasteiger charge is -2.29. The van der Waals surface area contributed by atoms with Gasteiger partial charge in [0.25, 0.3) is 5.91 Å². The van der Waals surface area contributed by atoms with Crippen LogP contribution in [0.15, 0.2) is 18.2 Å². The molecule has 2 rings (SSSR count). The van der Waals surface area contributed by atoms with Crippen LogP contribution in [0.25, 0.3) is 0 Å². The molecule has 2 amide bonds. The van der Waals surface area contributed by atoms with Crippen LogP contribution in [0, 0.1) is 0 Å². The quantitative estimate of drug-likeness (QED) is 0.785. The number of amides is 2. The summed E-state index contributed by atoms with van der Waals surface area (Å²) in [6, 6.07) is 4.93. The second-order valence-corrected chi connectivity index (χ2v) is 6.10. The van der Waals surface area contributed by atoms with E-state index in [1.807, 2.05) is 6.26 Å². The third kappa shape index (κ3) is 3.45. The third-order valence-corrected chi connectivity index (χ3v) is 3.93. The van der Waals surface area contributed by atoms with Crippen LogP contribution < -0.4 is 0 Å². The summed E-state index contributed by atoms with van der Waals surface area (Å²) in [7, 11) is 0. The Morgan fingerprint density at radius 3 is 2.76 bits per heavy atom. The maximum absolute atomic E-state index is 12.1. The summed E-state index contributed by atoms with van der Waals surface area (Å²) in [5.74, 6) is -0.205. The van der Waals surface area contributed by atoms with Gasteiger partial charge in [-0.05, 0) is 18.4 Å². The molecule has 0 radical (unpaired) electrons. The molecule has 0 unspecified atom stereocenters. The van der Waals surface area contributed by atoms with Crippen molar-refractivity contribution in [3.8, 4) is 0 Å². The Bertz CT molecular complexity index is 570. The number of carbonyl (C=O) groups excluding carboxylic acids is 2. The fourth-order valence-corrected chi connectivity index (χ4v) is 2.83. The summed E-state index contributed by atoms with van der Waals surface area (Å²) in [6.45, 7) is 1.37. The number of nitrogens with zero attached hydrogens (tertiary/aromatic N) is 2. The predicted octanol–water partition coefficient (Wildman–Crippen LogP) is 2.93. The fraction of sp³-hybridized carbons (Fsp3) is 0.385. The summed E-state index contributed by atoms with van der Waals surface area (Å²) in [6.07, 6.45) is 1.18. The SMILES string of the molecule is CSCON1C(=O)CN(C(C)=O)[C@@H]1c1ccc(Cl)cc1Cl. The minimum atomic E-state index is -0.674. The first kappa shape index (κ1) is 16.4. The van der Waals surface area contributed by atoms with E-state index in [1.165, 1.54) is 28.6 Å². The van der Waals surface area contributed by atoms with Crippen molar-refractivity contribution in [3.05, 3.63) is 33.8 Å². The molecule has 0 aliphatic carbocycles. The molecule has 0 saturated carbocycles. The highest BCUT2D eigenvalue weighted by Gasteiger charge is 2.42. The van der Waals surface area contributed by atoms with Gasteiger partial charge in [0.1, 0.15) is 12.5 Å². The topological polar surface area (TPSA) is 49.9 Å². The van der Waals surface area contributed by atoms with Crippen LogP contribution >= 0.6 is 35.0 Å². The number of halogens is 2. The highest BCUT2D eigenvalue weighted by Crippen LogP contribution is 2.36. The lowest BCUT2D eigenvalue weighted by atomic mass is 10.1. The first-order valence-corrected chi connectivity index (χ1v) is 8.26. The standard InChI is InChI=1S/C13H14Cl2N2O3S/c1-8(18)16-6-12(19)17(20-7-21-2)13(16)10-4-3-9(14)5-11(10)15/h3-5,13H,6-7H2,1-2H3/t13-/m0/s1. The van der Waals surface area contributed by atoms with E-state index in [9.17, 15) is 9.59 Å². The average molecular weight is 349 g/mol. The molecule has 5 nitrogen and oxygen atoms in total. The highest BCUT2D eigenvalue weighted by molar-refractivity contribution is 7.98. The van der Waals surface area contributed by atoms with Gasteiger partial charge in [-0.1, -0.05) is 29.3 Å². The zero-order chi connectivity index (χ0) is 15.6. The zero-order valence-electron chi connectivity index (χ0n) is 11.5. The maximum Gasteiger partial charge on any atom is 0.268 e. The van der Waals surface area contributed by atoms with Crippen molar-refractivity contribution in [2.75, 3.05) is 18.7 Å².